The fourth-order valence-electron chi connectivity index (χ4n) is 3.37. The molecule has 0 heterocycles. The van der Waals surface area contributed by atoms with Gasteiger partial charge in [0.1, 0.15) is 12.6 Å². The fraction of sp³-hybridized carbons (Fsp3) is 0.259. The van der Waals surface area contributed by atoms with Crippen LogP contribution in [0.3, 0.4) is 0 Å². The maximum Gasteiger partial charge on any atom is 0.253 e. The molecule has 7 heteroatoms. The minimum atomic E-state index is -0.709. The van der Waals surface area contributed by atoms with Crippen LogP contribution in [0.25, 0.3) is 0 Å². The Morgan fingerprint density at radius 1 is 0.912 bits per heavy atom. The molecule has 0 saturated carbocycles. The van der Waals surface area contributed by atoms with Crippen molar-refractivity contribution in [1.82, 2.24) is 10.6 Å². The third-order valence-electron chi connectivity index (χ3n) is 5.29. The minimum absolute atomic E-state index is 0.116. The van der Waals surface area contributed by atoms with Gasteiger partial charge in [0, 0.05) is 6.54 Å². The van der Waals surface area contributed by atoms with Gasteiger partial charge in [0.25, 0.3) is 5.91 Å². The van der Waals surface area contributed by atoms with Crippen molar-refractivity contribution in [3.63, 3.8) is 0 Å². The summed E-state index contributed by atoms with van der Waals surface area (Å²) in [5.74, 6) is 0.415. The van der Waals surface area contributed by atoms with E-state index in [-0.39, 0.29) is 24.3 Å². The molecule has 34 heavy (non-hydrogen) atoms. The highest BCUT2D eigenvalue weighted by molar-refractivity contribution is 6.33. The number of hydrogen-bond acceptors (Lipinski definition) is 4. The number of halogens is 1. The summed E-state index contributed by atoms with van der Waals surface area (Å²) in [4.78, 5) is 25.5. The van der Waals surface area contributed by atoms with Gasteiger partial charge in [-0.05, 0) is 41.3 Å². The standard InChI is InChI=1S/C27H29ClN2O4/c1-18(2)25(30-26(31)21-11-7-8-12-22(21)28)27(32)29-16-20-13-14-23(24(15-20)33-3)34-17-19-9-5-4-6-10-19/h4-15,18,25H,16-17H2,1-3H3,(H,29,32)(H,30,31)/t25-/m0/s1. The van der Waals surface area contributed by atoms with Gasteiger partial charge in [0.2, 0.25) is 5.91 Å². The van der Waals surface area contributed by atoms with Gasteiger partial charge in [-0.2, -0.15) is 0 Å². The first-order valence-corrected chi connectivity index (χ1v) is 11.4. The van der Waals surface area contributed by atoms with E-state index < -0.39 is 6.04 Å². The molecular weight excluding hydrogens is 452 g/mol. The third kappa shape index (κ3) is 6.75. The second kappa shape index (κ2) is 12.1. The van der Waals surface area contributed by atoms with Crippen LogP contribution in [0.4, 0.5) is 0 Å². The minimum Gasteiger partial charge on any atom is -0.493 e. The van der Waals surface area contributed by atoms with Gasteiger partial charge in [0.05, 0.1) is 17.7 Å². The lowest BCUT2D eigenvalue weighted by Gasteiger charge is -2.22. The number of hydrogen-bond donors (Lipinski definition) is 2. The van der Waals surface area contributed by atoms with Crippen LogP contribution in [0.2, 0.25) is 5.02 Å². The molecule has 0 unspecified atom stereocenters. The largest absolute Gasteiger partial charge is 0.493 e. The van der Waals surface area contributed by atoms with Crippen molar-refractivity contribution >= 4 is 23.4 Å². The Bertz CT molecular complexity index is 1120. The van der Waals surface area contributed by atoms with Crippen molar-refractivity contribution in [2.45, 2.75) is 33.0 Å². The molecule has 0 aliphatic carbocycles. The molecule has 0 aliphatic rings. The number of ether oxygens (including phenoxy) is 2. The van der Waals surface area contributed by atoms with Gasteiger partial charge in [-0.15, -0.1) is 0 Å². The monoisotopic (exact) mass is 480 g/mol. The van der Waals surface area contributed by atoms with Gasteiger partial charge >= 0.3 is 0 Å². The summed E-state index contributed by atoms with van der Waals surface area (Å²) in [7, 11) is 1.58. The Kier molecular flexibility index (Phi) is 8.93. The zero-order valence-electron chi connectivity index (χ0n) is 19.5. The van der Waals surface area contributed by atoms with E-state index in [1.54, 1.807) is 31.4 Å². The number of nitrogens with one attached hydrogen (secondary N) is 2. The van der Waals surface area contributed by atoms with E-state index >= 15 is 0 Å². The number of rotatable bonds is 10. The number of carbonyl (C=O) groups is 2. The topological polar surface area (TPSA) is 76.7 Å². The predicted molar refractivity (Wildman–Crippen MR) is 133 cm³/mol. The normalized spacial score (nSPS) is 11.6. The van der Waals surface area contributed by atoms with Crippen LogP contribution >= 0.6 is 11.6 Å². The lowest BCUT2D eigenvalue weighted by atomic mass is 10.0. The highest BCUT2D eigenvalue weighted by Crippen LogP contribution is 2.29. The first-order valence-electron chi connectivity index (χ1n) is 11.1. The SMILES string of the molecule is COc1cc(CNC(=O)[C@@H](NC(=O)c2ccccc2Cl)C(C)C)ccc1OCc1ccccc1. The zero-order chi connectivity index (χ0) is 24.5. The van der Waals surface area contributed by atoms with Crippen molar-refractivity contribution < 1.29 is 19.1 Å². The molecule has 0 aromatic heterocycles. The number of amides is 2. The predicted octanol–water partition coefficient (Wildman–Crippen LogP) is 5.00. The Labute approximate surface area is 205 Å². The molecule has 0 saturated heterocycles. The van der Waals surface area contributed by atoms with E-state index in [4.69, 9.17) is 21.1 Å². The van der Waals surface area contributed by atoms with E-state index in [0.717, 1.165) is 11.1 Å². The molecule has 0 spiro atoms. The lowest BCUT2D eigenvalue weighted by Crippen LogP contribution is -2.49. The van der Waals surface area contributed by atoms with Crippen molar-refractivity contribution in [1.29, 1.82) is 0 Å². The smallest absolute Gasteiger partial charge is 0.253 e. The maximum absolute atomic E-state index is 12.9. The summed E-state index contributed by atoms with van der Waals surface area (Å²) in [5, 5.41) is 6.03. The van der Waals surface area contributed by atoms with Crippen molar-refractivity contribution in [3.8, 4) is 11.5 Å². The second-order valence-electron chi connectivity index (χ2n) is 8.15. The third-order valence-corrected chi connectivity index (χ3v) is 5.62. The average Bonchev–Trinajstić information content (AvgIpc) is 2.85. The molecule has 178 valence electrons. The molecule has 0 radical (unpaired) electrons. The first kappa shape index (κ1) is 25.1. The quantitative estimate of drug-likeness (QED) is 0.428. The molecule has 3 aromatic rings. The van der Waals surface area contributed by atoms with Gasteiger partial charge < -0.3 is 20.1 Å². The first-order chi connectivity index (χ1) is 16.4. The summed E-state index contributed by atoms with van der Waals surface area (Å²) < 4.78 is 11.4. The van der Waals surface area contributed by atoms with Crippen LogP contribution in [0.1, 0.15) is 35.3 Å². The molecule has 2 N–H and O–H groups in total. The Morgan fingerprint density at radius 3 is 2.29 bits per heavy atom. The summed E-state index contributed by atoms with van der Waals surface area (Å²) in [6.45, 7) is 4.45. The van der Waals surface area contributed by atoms with Crippen LogP contribution in [0, 0.1) is 5.92 Å². The highest BCUT2D eigenvalue weighted by atomic mass is 35.5. The van der Waals surface area contributed by atoms with E-state index in [0.29, 0.717) is 28.7 Å². The Hall–Kier alpha value is -3.51. The van der Waals surface area contributed by atoms with E-state index in [1.807, 2.05) is 62.4 Å². The molecule has 2 amide bonds. The molecule has 1 atom stereocenters. The van der Waals surface area contributed by atoms with E-state index in [9.17, 15) is 9.59 Å². The maximum atomic E-state index is 12.9. The van der Waals surface area contributed by atoms with Crippen LogP contribution in [0.5, 0.6) is 11.5 Å². The molecule has 3 aromatic carbocycles. The second-order valence-corrected chi connectivity index (χ2v) is 8.56. The van der Waals surface area contributed by atoms with Crippen molar-refractivity contribution in [3.05, 3.63) is 94.5 Å². The number of methoxy groups -OCH3 is 1. The molecular formula is C27H29ClN2O4. The molecule has 0 aliphatic heterocycles. The number of benzene rings is 3. The molecule has 6 nitrogen and oxygen atoms in total. The number of carbonyl (C=O) groups excluding carboxylic acids is 2. The van der Waals surface area contributed by atoms with Gasteiger partial charge in [-0.25, -0.2) is 0 Å². The molecule has 0 fully saturated rings. The summed E-state index contributed by atoms with van der Waals surface area (Å²) in [6.07, 6.45) is 0. The van der Waals surface area contributed by atoms with E-state index in [1.165, 1.54) is 0 Å². The van der Waals surface area contributed by atoms with Gasteiger partial charge in [-0.1, -0.05) is 74.0 Å². The highest BCUT2D eigenvalue weighted by Gasteiger charge is 2.25. The lowest BCUT2D eigenvalue weighted by molar-refractivity contribution is -0.124. The van der Waals surface area contributed by atoms with Crippen molar-refractivity contribution in [2.75, 3.05) is 7.11 Å². The average molecular weight is 481 g/mol. The zero-order valence-corrected chi connectivity index (χ0v) is 20.3. The van der Waals surface area contributed by atoms with Crippen molar-refractivity contribution in [2.24, 2.45) is 5.92 Å². The van der Waals surface area contributed by atoms with E-state index in [2.05, 4.69) is 10.6 Å². The Balaban J connectivity index is 1.61. The van der Waals surface area contributed by atoms with Crippen LogP contribution in [-0.4, -0.2) is 25.0 Å². The molecule has 3 rings (SSSR count). The summed E-state index contributed by atoms with van der Waals surface area (Å²) in [6, 6.07) is 21.4. The van der Waals surface area contributed by atoms with Gasteiger partial charge in [0.15, 0.2) is 11.5 Å². The summed E-state index contributed by atoms with van der Waals surface area (Å²) >= 11 is 6.12. The Morgan fingerprint density at radius 2 is 1.62 bits per heavy atom. The van der Waals surface area contributed by atoms with Gasteiger partial charge in [-0.3, -0.25) is 9.59 Å². The molecule has 0 bridgehead atoms. The fourth-order valence-corrected chi connectivity index (χ4v) is 3.60. The summed E-state index contributed by atoms with van der Waals surface area (Å²) in [5.41, 5.74) is 2.23. The van der Waals surface area contributed by atoms with Crippen LogP contribution in [-0.2, 0) is 17.9 Å². The van der Waals surface area contributed by atoms with Crippen LogP contribution < -0.4 is 20.1 Å². The van der Waals surface area contributed by atoms with Crippen LogP contribution in [0.15, 0.2) is 72.8 Å².